The van der Waals surface area contributed by atoms with Gasteiger partial charge in [-0.1, -0.05) is 85.4 Å². The standard InChI is InChI=1S/C30H28N4O2S/c1-3-21-12-10-11-17-25(21)34-26(35)19-37-30-24(18-31)28(22-13-6-4-7-14-22)27(20(2)32-30)29(36)33-23-15-8-5-9-16-23/h4-17,28,32H,3,19H2,1-2H3,(H,33,36)(H,34,35). The first-order chi connectivity index (χ1) is 18.0. The molecule has 3 aromatic rings. The Morgan fingerprint density at radius 1 is 0.946 bits per heavy atom. The predicted molar refractivity (Wildman–Crippen MR) is 150 cm³/mol. The van der Waals surface area contributed by atoms with E-state index in [2.05, 4.69) is 22.0 Å². The fourth-order valence-corrected chi connectivity index (χ4v) is 5.19. The quantitative estimate of drug-likeness (QED) is 0.349. The minimum atomic E-state index is -0.567. The van der Waals surface area contributed by atoms with Crippen LogP contribution in [0, 0.1) is 11.3 Å². The zero-order chi connectivity index (χ0) is 26.2. The zero-order valence-electron chi connectivity index (χ0n) is 20.7. The van der Waals surface area contributed by atoms with Crippen LogP contribution in [0.3, 0.4) is 0 Å². The number of carbonyl (C=O) groups is 2. The lowest BCUT2D eigenvalue weighted by Gasteiger charge is -2.30. The molecular weight excluding hydrogens is 480 g/mol. The van der Waals surface area contributed by atoms with Crippen LogP contribution in [0.4, 0.5) is 11.4 Å². The Balaban J connectivity index is 1.60. The van der Waals surface area contributed by atoms with E-state index in [0.29, 0.717) is 27.6 Å². The maximum Gasteiger partial charge on any atom is 0.254 e. The van der Waals surface area contributed by atoms with Gasteiger partial charge in [0.15, 0.2) is 0 Å². The van der Waals surface area contributed by atoms with Gasteiger partial charge in [0.1, 0.15) is 0 Å². The Morgan fingerprint density at radius 2 is 1.59 bits per heavy atom. The average molecular weight is 509 g/mol. The van der Waals surface area contributed by atoms with Crippen LogP contribution in [-0.2, 0) is 16.0 Å². The number of amides is 2. The van der Waals surface area contributed by atoms with Gasteiger partial charge in [-0.25, -0.2) is 0 Å². The molecule has 4 rings (SSSR count). The number of dihydropyridines is 1. The Hall–Kier alpha value is -4.28. The molecule has 2 amide bonds. The fraction of sp³-hybridized carbons (Fsp3) is 0.167. The van der Waals surface area contributed by atoms with Gasteiger partial charge in [-0.2, -0.15) is 5.26 Å². The molecule has 0 radical (unpaired) electrons. The van der Waals surface area contributed by atoms with Gasteiger partial charge in [0, 0.05) is 22.6 Å². The van der Waals surface area contributed by atoms with Gasteiger partial charge in [0.05, 0.1) is 28.3 Å². The number of rotatable bonds is 8. The van der Waals surface area contributed by atoms with Crippen LogP contribution in [0.25, 0.3) is 0 Å². The maximum atomic E-state index is 13.4. The van der Waals surface area contributed by atoms with Crippen LogP contribution < -0.4 is 16.0 Å². The number of hydrogen-bond donors (Lipinski definition) is 3. The van der Waals surface area contributed by atoms with Gasteiger partial charge in [-0.15, -0.1) is 0 Å². The van der Waals surface area contributed by atoms with Crippen molar-refractivity contribution in [3.63, 3.8) is 0 Å². The average Bonchev–Trinajstić information content (AvgIpc) is 2.92. The zero-order valence-corrected chi connectivity index (χ0v) is 21.6. The Bertz CT molecular complexity index is 1390. The summed E-state index contributed by atoms with van der Waals surface area (Å²) in [6.07, 6.45) is 0.811. The lowest BCUT2D eigenvalue weighted by Crippen LogP contribution is -2.31. The van der Waals surface area contributed by atoms with E-state index >= 15 is 0 Å². The van der Waals surface area contributed by atoms with Crippen molar-refractivity contribution >= 4 is 35.0 Å². The van der Waals surface area contributed by atoms with Crippen molar-refractivity contribution in [2.75, 3.05) is 16.4 Å². The molecule has 1 aliphatic rings. The van der Waals surface area contributed by atoms with Crippen LogP contribution in [-0.4, -0.2) is 17.6 Å². The molecule has 3 aromatic carbocycles. The second-order valence-corrected chi connectivity index (χ2v) is 9.52. The number of nitrogens with zero attached hydrogens (tertiary/aromatic N) is 1. The van der Waals surface area contributed by atoms with Gasteiger partial charge in [-0.05, 0) is 42.7 Å². The molecule has 7 heteroatoms. The summed E-state index contributed by atoms with van der Waals surface area (Å²) < 4.78 is 0. The first kappa shape index (κ1) is 25.8. The molecule has 1 heterocycles. The summed E-state index contributed by atoms with van der Waals surface area (Å²) in [6, 6.07) is 28.7. The molecule has 0 aromatic heterocycles. The lowest BCUT2D eigenvalue weighted by molar-refractivity contribution is -0.114. The fourth-order valence-electron chi connectivity index (χ4n) is 4.30. The van der Waals surface area contributed by atoms with Crippen LogP contribution in [0.15, 0.2) is 107 Å². The topological polar surface area (TPSA) is 94.0 Å². The van der Waals surface area contributed by atoms with E-state index in [1.807, 2.05) is 98.8 Å². The molecule has 0 spiro atoms. The lowest BCUT2D eigenvalue weighted by atomic mass is 9.82. The molecule has 0 aliphatic carbocycles. The van der Waals surface area contributed by atoms with Gasteiger partial charge < -0.3 is 16.0 Å². The van der Waals surface area contributed by atoms with Crippen molar-refractivity contribution in [3.05, 3.63) is 118 Å². The number of nitrogens with one attached hydrogen (secondary N) is 3. The molecular formula is C30H28N4O2S. The monoisotopic (exact) mass is 508 g/mol. The smallest absolute Gasteiger partial charge is 0.254 e. The van der Waals surface area contributed by atoms with E-state index < -0.39 is 5.92 Å². The highest BCUT2D eigenvalue weighted by atomic mass is 32.2. The number of thioether (sulfide) groups is 1. The molecule has 0 saturated carbocycles. The highest BCUT2D eigenvalue weighted by Crippen LogP contribution is 2.41. The van der Waals surface area contributed by atoms with E-state index in [1.54, 1.807) is 0 Å². The number of carbonyl (C=O) groups excluding carboxylic acids is 2. The van der Waals surface area contributed by atoms with Gasteiger partial charge >= 0.3 is 0 Å². The molecule has 6 nitrogen and oxygen atoms in total. The number of hydrogen-bond acceptors (Lipinski definition) is 5. The normalized spacial score (nSPS) is 15.0. The van der Waals surface area contributed by atoms with Crippen molar-refractivity contribution < 1.29 is 9.59 Å². The Kier molecular flexibility index (Phi) is 8.44. The summed E-state index contributed by atoms with van der Waals surface area (Å²) in [6.45, 7) is 3.86. The highest BCUT2D eigenvalue weighted by molar-refractivity contribution is 8.03. The number of nitriles is 1. The van der Waals surface area contributed by atoms with Crippen LogP contribution in [0.5, 0.6) is 0 Å². The number of para-hydroxylation sites is 2. The Morgan fingerprint density at radius 3 is 2.27 bits per heavy atom. The molecule has 3 N–H and O–H groups in total. The highest BCUT2D eigenvalue weighted by Gasteiger charge is 2.34. The van der Waals surface area contributed by atoms with E-state index in [4.69, 9.17) is 0 Å². The molecule has 1 aliphatic heterocycles. The largest absolute Gasteiger partial charge is 0.353 e. The minimum Gasteiger partial charge on any atom is -0.353 e. The predicted octanol–water partition coefficient (Wildman–Crippen LogP) is 5.96. The van der Waals surface area contributed by atoms with Crippen molar-refractivity contribution in [2.24, 2.45) is 0 Å². The molecule has 37 heavy (non-hydrogen) atoms. The molecule has 186 valence electrons. The van der Waals surface area contributed by atoms with Crippen LogP contribution in [0.2, 0.25) is 0 Å². The molecule has 0 bridgehead atoms. The summed E-state index contributed by atoms with van der Waals surface area (Å²) in [7, 11) is 0. The minimum absolute atomic E-state index is 0.117. The number of benzene rings is 3. The van der Waals surface area contributed by atoms with E-state index in [9.17, 15) is 14.9 Å². The second-order valence-electron chi connectivity index (χ2n) is 8.53. The number of anilines is 2. The molecule has 0 fully saturated rings. The van der Waals surface area contributed by atoms with Gasteiger partial charge in [0.2, 0.25) is 5.91 Å². The number of allylic oxidation sites excluding steroid dienone is 2. The third-order valence-corrected chi connectivity index (χ3v) is 7.09. The summed E-state index contributed by atoms with van der Waals surface area (Å²) in [5, 5.41) is 20.0. The van der Waals surface area contributed by atoms with Crippen molar-refractivity contribution in [1.82, 2.24) is 5.32 Å². The van der Waals surface area contributed by atoms with E-state index in [0.717, 1.165) is 23.2 Å². The van der Waals surface area contributed by atoms with E-state index in [1.165, 1.54) is 11.8 Å². The maximum absolute atomic E-state index is 13.4. The first-order valence-corrected chi connectivity index (χ1v) is 13.0. The summed E-state index contributed by atoms with van der Waals surface area (Å²) in [5.74, 6) is -0.896. The third-order valence-electron chi connectivity index (χ3n) is 6.08. The molecule has 0 saturated heterocycles. The SMILES string of the molecule is CCc1ccccc1NC(=O)CSC1=C(C#N)C(c2ccccc2)C(C(=O)Nc2ccccc2)=C(C)N1. The summed E-state index contributed by atoms with van der Waals surface area (Å²) in [4.78, 5) is 26.2. The van der Waals surface area contributed by atoms with Crippen molar-refractivity contribution in [1.29, 1.82) is 5.26 Å². The molecule has 1 atom stereocenters. The summed E-state index contributed by atoms with van der Waals surface area (Å²) >= 11 is 1.26. The van der Waals surface area contributed by atoms with Gasteiger partial charge in [-0.3, -0.25) is 9.59 Å². The first-order valence-electron chi connectivity index (χ1n) is 12.1. The van der Waals surface area contributed by atoms with Crippen molar-refractivity contribution in [3.8, 4) is 6.07 Å². The van der Waals surface area contributed by atoms with Gasteiger partial charge in [0.25, 0.3) is 5.91 Å². The molecule has 1 unspecified atom stereocenters. The van der Waals surface area contributed by atoms with Crippen LogP contribution >= 0.6 is 11.8 Å². The number of aryl methyl sites for hydroxylation is 1. The summed E-state index contributed by atoms with van der Waals surface area (Å²) in [5.41, 5.74) is 4.87. The van der Waals surface area contributed by atoms with Crippen molar-refractivity contribution in [2.45, 2.75) is 26.2 Å². The van der Waals surface area contributed by atoms with E-state index in [-0.39, 0.29) is 17.6 Å². The second kappa shape index (κ2) is 12.1. The Labute approximate surface area is 221 Å². The van der Waals surface area contributed by atoms with Crippen LogP contribution in [0.1, 0.15) is 30.9 Å². The third kappa shape index (κ3) is 6.11.